The molecule has 3 unspecified atom stereocenters. The number of carbonyl (C=O) groups excluding carboxylic acids is 4. The van der Waals surface area contributed by atoms with E-state index in [2.05, 4.69) is 44.1 Å². The fraction of sp³-hybridized carbons (Fsp3) is 0.587. The highest BCUT2D eigenvalue weighted by atomic mass is 35.5. The third-order valence-corrected chi connectivity index (χ3v) is 12.7. The van der Waals surface area contributed by atoms with Crippen molar-refractivity contribution in [2.75, 3.05) is 70.8 Å². The van der Waals surface area contributed by atoms with E-state index in [9.17, 15) is 32.3 Å². The van der Waals surface area contributed by atoms with Crippen molar-refractivity contribution >= 4 is 40.9 Å². The largest absolute Gasteiger partial charge is 0.411 e. The van der Waals surface area contributed by atoms with Gasteiger partial charge in [0, 0.05) is 73.3 Å². The smallest absolute Gasteiger partial charge is 0.350 e. The molecule has 1 aliphatic carbocycles. The first-order valence-corrected chi connectivity index (χ1v) is 22.8. The van der Waals surface area contributed by atoms with Gasteiger partial charge in [0.2, 0.25) is 23.6 Å². The number of piperidine rings is 1. The van der Waals surface area contributed by atoms with Crippen molar-refractivity contribution in [2.45, 2.75) is 102 Å². The standard InChI is InChI=1S/C46H62ClF3N10O4/c1-31(18-37-22-35(55-60(37)36-8-6-5-7-9-36)24-51-40(61)27-56-14-16-57(17-15-56)29-42(63)53-44(2,3)4)10-11-32-19-33(47)21-34(20-32)52-41(62)28-58-25-38-23-39(26-58)59(38)30-43(64)54-45(12-13-45)46(48,49)50/h5-9,19-22,31,38-39H,10-18,23-30H2,1-4H3,(H,51,61)(H,52,62)(H,53,63)(H,54,64). The summed E-state index contributed by atoms with van der Waals surface area (Å²) in [6.45, 7) is 13.1. The highest BCUT2D eigenvalue weighted by Gasteiger charge is 2.64. The normalized spacial score (nSPS) is 20.8. The molecule has 4 amide bonds. The van der Waals surface area contributed by atoms with E-state index in [0.717, 1.165) is 61.4 Å². The van der Waals surface area contributed by atoms with Crippen LogP contribution in [0.5, 0.6) is 0 Å². The average molecular weight is 912 g/mol. The van der Waals surface area contributed by atoms with Gasteiger partial charge in [-0.1, -0.05) is 36.7 Å². The number of rotatable bonds is 18. The molecule has 4 aliphatic heterocycles. The summed E-state index contributed by atoms with van der Waals surface area (Å²) in [5, 5.41) is 16.7. The molecule has 5 heterocycles. The number of aromatic nitrogens is 2. The number of halogens is 4. The van der Waals surface area contributed by atoms with Gasteiger partial charge >= 0.3 is 6.18 Å². The predicted molar refractivity (Wildman–Crippen MR) is 239 cm³/mol. The van der Waals surface area contributed by atoms with Crippen molar-refractivity contribution in [2.24, 2.45) is 5.92 Å². The lowest BCUT2D eigenvalue weighted by Gasteiger charge is -2.56. The monoisotopic (exact) mass is 910 g/mol. The second-order valence-corrected chi connectivity index (χ2v) is 19.7. The number of amides is 4. The number of hydrogen-bond donors (Lipinski definition) is 4. The van der Waals surface area contributed by atoms with Gasteiger partial charge in [-0.25, -0.2) is 4.68 Å². The van der Waals surface area contributed by atoms with Crippen molar-refractivity contribution in [3.05, 3.63) is 76.6 Å². The van der Waals surface area contributed by atoms with Crippen molar-refractivity contribution in [3.8, 4) is 5.69 Å². The zero-order valence-electron chi connectivity index (χ0n) is 37.3. The zero-order valence-corrected chi connectivity index (χ0v) is 38.0. The summed E-state index contributed by atoms with van der Waals surface area (Å²) in [4.78, 5) is 59.3. The number of benzene rings is 2. The van der Waals surface area contributed by atoms with Crippen molar-refractivity contribution in [1.29, 1.82) is 0 Å². The van der Waals surface area contributed by atoms with Gasteiger partial charge in [-0.15, -0.1) is 0 Å². The van der Waals surface area contributed by atoms with E-state index in [1.165, 1.54) is 0 Å². The summed E-state index contributed by atoms with van der Waals surface area (Å²) < 4.78 is 41.9. The van der Waals surface area contributed by atoms with Gasteiger partial charge < -0.3 is 21.3 Å². The SMILES string of the molecule is CC(CCc1cc(Cl)cc(NC(=O)CN2CC3CC(C2)N3CC(=O)NC2(C(F)(F)F)CC2)c1)Cc1cc(CNC(=O)CN2CCN(CC(=O)NC(C)(C)C)CC2)nn1-c1ccccc1. The number of hydrogen-bond acceptors (Lipinski definition) is 9. The lowest BCUT2D eigenvalue weighted by molar-refractivity contribution is -0.172. The maximum Gasteiger partial charge on any atom is 0.411 e. The molecule has 5 aliphatic rings. The van der Waals surface area contributed by atoms with E-state index in [4.69, 9.17) is 16.7 Å². The Morgan fingerprint density at radius 1 is 0.828 bits per heavy atom. The highest BCUT2D eigenvalue weighted by molar-refractivity contribution is 6.31. The highest BCUT2D eigenvalue weighted by Crippen LogP contribution is 2.49. The molecule has 2 bridgehead atoms. The molecule has 5 fully saturated rings. The van der Waals surface area contributed by atoms with Crippen LogP contribution >= 0.6 is 11.6 Å². The van der Waals surface area contributed by atoms with E-state index in [1.807, 2.05) is 77.7 Å². The van der Waals surface area contributed by atoms with Crippen molar-refractivity contribution < 1.29 is 32.3 Å². The Labute approximate surface area is 378 Å². The molecule has 2 aromatic carbocycles. The third-order valence-electron chi connectivity index (χ3n) is 12.5. The minimum Gasteiger partial charge on any atom is -0.350 e. The second-order valence-electron chi connectivity index (χ2n) is 19.3. The molecule has 14 nitrogen and oxygen atoms in total. The topological polar surface area (TPSA) is 147 Å². The summed E-state index contributed by atoms with van der Waals surface area (Å²) in [6, 6.07) is 17.6. The molecule has 4 N–H and O–H groups in total. The Bertz CT molecular complexity index is 2120. The first-order chi connectivity index (χ1) is 30.3. The number of para-hydroxylation sites is 1. The molecule has 4 saturated heterocycles. The Kier molecular flexibility index (Phi) is 14.7. The summed E-state index contributed by atoms with van der Waals surface area (Å²) in [7, 11) is 0. The molecule has 0 spiro atoms. The molecule has 1 aromatic heterocycles. The summed E-state index contributed by atoms with van der Waals surface area (Å²) in [6.07, 6.45) is -1.44. The van der Waals surface area contributed by atoms with Crippen LogP contribution in [0.4, 0.5) is 18.9 Å². The van der Waals surface area contributed by atoms with Gasteiger partial charge in [0.25, 0.3) is 0 Å². The van der Waals surface area contributed by atoms with Gasteiger partial charge in [-0.2, -0.15) is 18.3 Å². The van der Waals surface area contributed by atoms with Crippen LogP contribution in [-0.2, 0) is 38.6 Å². The number of piperazine rings is 2. The number of nitrogens with one attached hydrogen (secondary N) is 4. The summed E-state index contributed by atoms with van der Waals surface area (Å²) >= 11 is 6.54. The van der Waals surface area contributed by atoms with E-state index >= 15 is 0 Å². The van der Waals surface area contributed by atoms with Crippen LogP contribution < -0.4 is 21.3 Å². The molecule has 348 valence electrons. The van der Waals surface area contributed by atoms with Crippen LogP contribution in [0, 0.1) is 5.92 Å². The molecule has 8 rings (SSSR count). The lowest BCUT2D eigenvalue weighted by Crippen LogP contribution is -2.70. The van der Waals surface area contributed by atoms with Crippen molar-refractivity contribution in [1.82, 2.24) is 45.3 Å². The molecule has 1 saturated carbocycles. The zero-order chi connectivity index (χ0) is 45.8. The Morgan fingerprint density at radius 3 is 2.09 bits per heavy atom. The van der Waals surface area contributed by atoms with Gasteiger partial charge in [0.15, 0.2) is 0 Å². The van der Waals surface area contributed by atoms with Gasteiger partial charge in [0.05, 0.1) is 44.1 Å². The van der Waals surface area contributed by atoms with Crippen LogP contribution in [0.25, 0.3) is 5.69 Å². The Hall–Kier alpha value is -4.55. The first kappa shape index (κ1) is 47.4. The molecular formula is C46H62ClF3N10O4. The van der Waals surface area contributed by atoms with Crippen LogP contribution in [0.3, 0.4) is 0 Å². The molecule has 18 heteroatoms. The second kappa shape index (κ2) is 19.9. The number of anilines is 1. The number of alkyl halides is 3. The van der Waals surface area contributed by atoms with E-state index < -0.39 is 17.6 Å². The van der Waals surface area contributed by atoms with E-state index in [1.54, 1.807) is 6.07 Å². The molecule has 3 atom stereocenters. The molecule has 3 aromatic rings. The minimum atomic E-state index is -4.45. The first-order valence-electron chi connectivity index (χ1n) is 22.4. The Morgan fingerprint density at radius 2 is 1.47 bits per heavy atom. The molecule has 0 radical (unpaired) electrons. The summed E-state index contributed by atoms with van der Waals surface area (Å²) in [5.41, 5.74) is 1.99. The number of nitrogens with zero attached hydrogens (tertiary/aromatic N) is 6. The van der Waals surface area contributed by atoms with Crippen LogP contribution in [0.15, 0.2) is 54.6 Å². The fourth-order valence-corrected chi connectivity index (χ4v) is 9.35. The maximum absolute atomic E-state index is 13.3. The molecule has 64 heavy (non-hydrogen) atoms. The van der Waals surface area contributed by atoms with E-state index in [-0.39, 0.29) is 73.7 Å². The lowest BCUT2D eigenvalue weighted by atomic mass is 9.87. The van der Waals surface area contributed by atoms with Crippen LogP contribution in [-0.4, -0.2) is 148 Å². The third kappa shape index (κ3) is 12.8. The number of fused-ring (bicyclic) bond motifs is 2. The van der Waals surface area contributed by atoms with E-state index in [0.29, 0.717) is 50.0 Å². The number of carbonyl (C=O) groups is 4. The van der Waals surface area contributed by atoms with Gasteiger partial charge in [0.1, 0.15) is 5.54 Å². The predicted octanol–water partition coefficient (Wildman–Crippen LogP) is 4.39. The fourth-order valence-electron chi connectivity index (χ4n) is 9.10. The van der Waals surface area contributed by atoms with Gasteiger partial charge in [-0.05, 0) is 107 Å². The van der Waals surface area contributed by atoms with Gasteiger partial charge in [-0.3, -0.25) is 38.8 Å². The minimum absolute atomic E-state index is 0.00725. The van der Waals surface area contributed by atoms with Crippen molar-refractivity contribution in [3.63, 3.8) is 0 Å². The Balaban J connectivity index is 0.856. The quantitative estimate of drug-likeness (QED) is 0.146. The van der Waals surface area contributed by atoms with Crippen LogP contribution in [0.1, 0.15) is 70.3 Å². The average Bonchev–Trinajstić information content (AvgIpc) is 3.90. The summed E-state index contributed by atoms with van der Waals surface area (Å²) in [5.74, 6) is -0.602. The van der Waals surface area contributed by atoms with Crippen LogP contribution in [0.2, 0.25) is 5.02 Å². The maximum atomic E-state index is 13.3. The molecular weight excluding hydrogens is 849 g/mol. The number of aryl methyl sites for hydroxylation is 1.